The molecule has 0 amide bonds. The monoisotopic (exact) mass is 1050 g/mol. The number of para-hydroxylation sites is 1. The summed E-state index contributed by atoms with van der Waals surface area (Å²) in [5, 5.41) is 1.52. The third-order valence-electron chi connectivity index (χ3n) is 15.5. The van der Waals surface area contributed by atoms with Crippen molar-refractivity contribution in [3.8, 4) is 22.3 Å². The van der Waals surface area contributed by atoms with Crippen molar-refractivity contribution in [1.29, 1.82) is 0 Å². The van der Waals surface area contributed by atoms with E-state index < -0.39 is 80.1 Å². The van der Waals surface area contributed by atoms with Gasteiger partial charge in [-0.05, 0) is 109 Å². The molecule has 1 aromatic heterocycles. The van der Waals surface area contributed by atoms with Gasteiger partial charge in [0.2, 0.25) is 11.6 Å². The zero-order valence-corrected chi connectivity index (χ0v) is 40.4. The first-order valence-electron chi connectivity index (χ1n) is 24.5. The SMILES string of the molecule is C=Cc1ccc(C2(c3c(F)c(F)c(F)c(F)c3F)c3ccccc3-c3ccc(N(c4ccc5c(c4)C(c4ccc(C=C)cc4)(c4c(F)c(F)c(F)c(F)c4F)c4ccccc4-5)c4ccc5c(c4)oc4ccccc45)cc32)cc1. The number of nitrogens with zero attached hydrogens (tertiary/aromatic N) is 1. The van der Waals surface area contributed by atoms with Crippen LogP contribution in [-0.2, 0) is 10.8 Å². The van der Waals surface area contributed by atoms with E-state index in [1.807, 2.05) is 24.3 Å². The van der Waals surface area contributed by atoms with Gasteiger partial charge in [-0.2, -0.15) is 0 Å². The molecule has 2 unspecified atom stereocenters. The largest absolute Gasteiger partial charge is 0.456 e. The molecule has 11 aromatic rings. The van der Waals surface area contributed by atoms with Gasteiger partial charge >= 0.3 is 0 Å². The van der Waals surface area contributed by atoms with Gasteiger partial charge in [0.05, 0.1) is 10.8 Å². The molecule has 2 atom stereocenters. The van der Waals surface area contributed by atoms with E-state index in [0.717, 1.165) is 10.8 Å². The first kappa shape index (κ1) is 48.2. The highest BCUT2D eigenvalue weighted by Crippen LogP contribution is 2.61. The van der Waals surface area contributed by atoms with E-state index >= 15 is 43.9 Å². The van der Waals surface area contributed by atoms with Crippen LogP contribution in [0.4, 0.5) is 61.0 Å². The average molecular weight is 1050 g/mol. The van der Waals surface area contributed by atoms with Gasteiger partial charge in [-0.1, -0.05) is 153 Å². The first-order valence-corrected chi connectivity index (χ1v) is 24.5. The molecule has 380 valence electrons. The molecule has 13 rings (SSSR count). The Morgan fingerprint density at radius 1 is 0.333 bits per heavy atom. The number of fused-ring (bicyclic) bond motifs is 9. The molecule has 10 aromatic carbocycles. The zero-order chi connectivity index (χ0) is 54.1. The molecule has 0 fully saturated rings. The number of rotatable bonds is 9. The lowest BCUT2D eigenvalue weighted by Gasteiger charge is -2.36. The molecule has 0 saturated carbocycles. The van der Waals surface area contributed by atoms with Crippen LogP contribution in [0.5, 0.6) is 0 Å². The fourth-order valence-corrected chi connectivity index (χ4v) is 12.2. The van der Waals surface area contributed by atoms with E-state index in [2.05, 4.69) is 13.2 Å². The molecule has 0 saturated heterocycles. The van der Waals surface area contributed by atoms with Crippen molar-refractivity contribution in [3.05, 3.63) is 303 Å². The molecule has 2 aliphatic rings. The number of furan rings is 1. The van der Waals surface area contributed by atoms with Crippen molar-refractivity contribution in [1.82, 2.24) is 0 Å². The van der Waals surface area contributed by atoms with Gasteiger partial charge in [0.15, 0.2) is 46.5 Å². The van der Waals surface area contributed by atoms with E-state index in [-0.39, 0.29) is 44.8 Å². The van der Waals surface area contributed by atoms with Gasteiger partial charge in [-0.15, -0.1) is 0 Å². The minimum Gasteiger partial charge on any atom is -0.456 e. The van der Waals surface area contributed by atoms with Gasteiger partial charge < -0.3 is 9.32 Å². The highest BCUT2D eigenvalue weighted by molar-refractivity contribution is 6.06. The van der Waals surface area contributed by atoms with Gasteiger partial charge in [0.25, 0.3) is 0 Å². The van der Waals surface area contributed by atoms with Crippen molar-refractivity contribution in [3.63, 3.8) is 0 Å². The minimum absolute atomic E-state index is 0.109. The standard InChI is InChI=1S/C66H35F10NO/c1-3-34-17-21-36(22-18-34)65(53-55(67)59(71)63(75)60(72)56(53)68)47-14-8-5-11-41(47)43-28-25-38(31-49(43)65)77(40-27-30-46-45-13-7-10-16-51(45)78-52(46)33-40)39-26-29-44-42-12-6-9-15-48(42)66(50(44)32-39,37-23-19-35(4-2)20-24-37)54-57(69)61(73)64(76)62(74)58(54)70/h3-33H,1-2H2. The van der Waals surface area contributed by atoms with Crippen molar-refractivity contribution in [2.75, 3.05) is 4.90 Å². The number of hydrogen-bond donors (Lipinski definition) is 0. The van der Waals surface area contributed by atoms with Crippen LogP contribution in [0.3, 0.4) is 0 Å². The molecule has 78 heavy (non-hydrogen) atoms. The summed E-state index contributed by atoms with van der Waals surface area (Å²) in [7, 11) is 0. The predicted octanol–water partition coefficient (Wildman–Crippen LogP) is 18.5. The lowest BCUT2D eigenvalue weighted by Crippen LogP contribution is -2.33. The average Bonchev–Trinajstić information content (AvgIpc) is 4.31. The molecule has 2 aliphatic carbocycles. The second-order valence-corrected chi connectivity index (χ2v) is 19.2. The zero-order valence-electron chi connectivity index (χ0n) is 40.4. The summed E-state index contributed by atoms with van der Waals surface area (Å²) in [5.41, 5.74) is -1.20. The maximum absolute atomic E-state index is 17.0. The highest BCUT2D eigenvalue weighted by Gasteiger charge is 2.53. The van der Waals surface area contributed by atoms with Crippen LogP contribution in [0.2, 0.25) is 0 Å². The summed E-state index contributed by atoms with van der Waals surface area (Å²) < 4.78 is 168. The maximum Gasteiger partial charge on any atom is 0.200 e. The van der Waals surface area contributed by atoms with E-state index in [1.165, 1.54) is 12.2 Å². The Hall–Kier alpha value is -9.42. The van der Waals surface area contributed by atoms with E-state index in [1.54, 1.807) is 157 Å². The number of benzene rings is 10. The Bertz CT molecular complexity index is 4110. The fourth-order valence-electron chi connectivity index (χ4n) is 12.2. The topological polar surface area (TPSA) is 16.4 Å². The first-order chi connectivity index (χ1) is 37.7. The summed E-state index contributed by atoms with van der Waals surface area (Å²) in [5.74, 6) is -21.5. The Morgan fingerprint density at radius 3 is 1.14 bits per heavy atom. The Kier molecular flexibility index (Phi) is 10.9. The summed E-state index contributed by atoms with van der Waals surface area (Å²) in [6, 6.07) is 48.3. The second kappa shape index (κ2) is 17.6. The van der Waals surface area contributed by atoms with Crippen molar-refractivity contribution in [2.45, 2.75) is 10.8 Å². The smallest absolute Gasteiger partial charge is 0.200 e. The van der Waals surface area contributed by atoms with E-state index in [0.29, 0.717) is 50.2 Å². The van der Waals surface area contributed by atoms with Crippen molar-refractivity contribution in [2.24, 2.45) is 0 Å². The summed E-state index contributed by atoms with van der Waals surface area (Å²) in [4.78, 5) is 1.70. The molecule has 0 radical (unpaired) electrons. The lowest BCUT2D eigenvalue weighted by atomic mass is 9.67. The number of halogens is 10. The second-order valence-electron chi connectivity index (χ2n) is 19.2. The Labute approximate surface area is 438 Å². The molecule has 0 bridgehead atoms. The maximum atomic E-state index is 17.0. The lowest BCUT2D eigenvalue weighted by molar-refractivity contribution is 0.363. The third-order valence-corrected chi connectivity index (χ3v) is 15.5. The molecule has 0 N–H and O–H groups in total. The van der Waals surface area contributed by atoms with Crippen LogP contribution >= 0.6 is 0 Å². The predicted molar refractivity (Wildman–Crippen MR) is 283 cm³/mol. The van der Waals surface area contributed by atoms with Crippen LogP contribution in [0.15, 0.2) is 193 Å². The van der Waals surface area contributed by atoms with Crippen molar-refractivity contribution < 1.29 is 48.3 Å². The van der Waals surface area contributed by atoms with Crippen molar-refractivity contribution >= 4 is 51.2 Å². The highest BCUT2D eigenvalue weighted by atomic mass is 19.2. The van der Waals surface area contributed by atoms with Gasteiger partial charge in [0.1, 0.15) is 11.2 Å². The molecule has 0 aliphatic heterocycles. The molecule has 2 nitrogen and oxygen atoms in total. The van der Waals surface area contributed by atoms with Crippen LogP contribution < -0.4 is 4.90 Å². The normalized spacial score (nSPS) is 16.0. The molecular weight excluding hydrogens is 1010 g/mol. The number of hydrogen-bond acceptors (Lipinski definition) is 2. The van der Waals surface area contributed by atoms with Crippen LogP contribution in [0, 0.1) is 58.2 Å². The summed E-state index contributed by atoms with van der Waals surface area (Å²) >= 11 is 0. The quantitative estimate of drug-likeness (QED) is 0.0814. The van der Waals surface area contributed by atoms with E-state index in [4.69, 9.17) is 4.42 Å². The number of anilines is 3. The van der Waals surface area contributed by atoms with Crippen LogP contribution in [-0.4, -0.2) is 0 Å². The van der Waals surface area contributed by atoms with Crippen LogP contribution in [0.1, 0.15) is 55.6 Å². The minimum atomic E-state index is -2.34. The molecule has 12 heteroatoms. The summed E-state index contributed by atoms with van der Waals surface area (Å²) in [6.07, 6.45) is 3.07. The third kappa shape index (κ3) is 6.46. The van der Waals surface area contributed by atoms with Crippen LogP contribution in [0.25, 0.3) is 56.3 Å². The molecule has 1 heterocycles. The molecular formula is C66H35F10NO. The Balaban J connectivity index is 1.15. The van der Waals surface area contributed by atoms with Gasteiger partial charge in [0, 0.05) is 45.0 Å². The van der Waals surface area contributed by atoms with Gasteiger partial charge in [-0.25, -0.2) is 43.9 Å². The van der Waals surface area contributed by atoms with E-state index in [9.17, 15) is 0 Å². The fraction of sp³-hybridized carbons (Fsp3) is 0.0303. The van der Waals surface area contributed by atoms with Gasteiger partial charge in [-0.3, -0.25) is 0 Å². The Morgan fingerprint density at radius 2 is 0.692 bits per heavy atom. The molecule has 0 spiro atoms. The summed E-state index contributed by atoms with van der Waals surface area (Å²) in [6.45, 7) is 7.66.